The standard InChI is InChI=1S/C14H24N2O.2ClH/c1-13(14-6-3-2-4-7-14)12-16-9-5-8-15-10-11-17;;/h2-4,6-7,13,15-17H,5,8-12H2,1H3;2*1H. The average Bonchev–Trinajstić information content (AvgIpc) is 2.38. The van der Waals surface area contributed by atoms with Crippen molar-refractivity contribution in [1.82, 2.24) is 10.6 Å². The van der Waals surface area contributed by atoms with E-state index in [0.717, 1.165) is 26.1 Å². The molecule has 112 valence electrons. The first-order valence-electron chi connectivity index (χ1n) is 6.42. The van der Waals surface area contributed by atoms with Crippen molar-refractivity contribution in [2.75, 3.05) is 32.8 Å². The maximum atomic E-state index is 8.59. The van der Waals surface area contributed by atoms with Crippen LogP contribution in [0, 0.1) is 0 Å². The Bertz CT molecular complexity index is 286. The number of aliphatic hydroxyl groups excluding tert-OH is 1. The minimum absolute atomic E-state index is 0. The zero-order valence-corrected chi connectivity index (χ0v) is 13.1. The first-order chi connectivity index (χ1) is 8.34. The first kappa shape index (κ1) is 21.0. The lowest BCUT2D eigenvalue weighted by Crippen LogP contribution is -2.26. The predicted molar refractivity (Wildman–Crippen MR) is 86.8 cm³/mol. The van der Waals surface area contributed by atoms with Crippen LogP contribution in [0.2, 0.25) is 0 Å². The highest BCUT2D eigenvalue weighted by Crippen LogP contribution is 2.12. The quantitative estimate of drug-likeness (QED) is 0.613. The minimum atomic E-state index is 0. The van der Waals surface area contributed by atoms with Gasteiger partial charge in [-0.3, -0.25) is 0 Å². The molecule has 1 rings (SSSR count). The molecule has 0 amide bonds. The topological polar surface area (TPSA) is 44.3 Å². The summed E-state index contributed by atoms with van der Waals surface area (Å²) in [6.45, 7) is 6.16. The Morgan fingerprint density at radius 2 is 1.63 bits per heavy atom. The number of rotatable bonds is 9. The molecule has 0 bridgehead atoms. The summed E-state index contributed by atoms with van der Waals surface area (Å²) in [6.07, 6.45) is 1.10. The Hall–Kier alpha value is -0.320. The van der Waals surface area contributed by atoms with Crippen LogP contribution in [-0.4, -0.2) is 37.9 Å². The lowest BCUT2D eigenvalue weighted by Gasteiger charge is -2.13. The van der Waals surface area contributed by atoms with Crippen LogP contribution in [0.15, 0.2) is 30.3 Å². The molecule has 1 unspecified atom stereocenters. The van der Waals surface area contributed by atoms with Gasteiger partial charge in [-0.25, -0.2) is 0 Å². The lowest BCUT2D eigenvalue weighted by atomic mass is 10.0. The van der Waals surface area contributed by atoms with Crippen LogP contribution in [0.5, 0.6) is 0 Å². The monoisotopic (exact) mass is 308 g/mol. The zero-order chi connectivity index (χ0) is 12.3. The van der Waals surface area contributed by atoms with Crippen molar-refractivity contribution >= 4 is 24.8 Å². The van der Waals surface area contributed by atoms with Gasteiger partial charge in [0.15, 0.2) is 0 Å². The second-order valence-electron chi connectivity index (χ2n) is 4.34. The molecule has 0 aliphatic carbocycles. The Kier molecular flexibility index (Phi) is 15.6. The molecule has 0 aliphatic rings. The minimum Gasteiger partial charge on any atom is -0.395 e. The predicted octanol–water partition coefficient (Wildman–Crippen LogP) is 2.20. The molecule has 0 spiro atoms. The van der Waals surface area contributed by atoms with Gasteiger partial charge in [-0.15, -0.1) is 24.8 Å². The Morgan fingerprint density at radius 3 is 2.26 bits per heavy atom. The van der Waals surface area contributed by atoms with Gasteiger partial charge in [-0.05, 0) is 31.0 Å². The summed E-state index contributed by atoms with van der Waals surface area (Å²) in [5.74, 6) is 0.557. The molecular formula is C14H26Cl2N2O. The van der Waals surface area contributed by atoms with Crippen LogP contribution in [0.1, 0.15) is 24.8 Å². The molecule has 5 heteroatoms. The largest absolute Gasteiger partial charge is 0.395 e. The molecule has 3 nitrogen and oxygen atoms in total. The number of halogens is 2. The summed E-state index contributed by atoms with van der Waals surface area (Å²) in [4.78, 5) is 0. The summed E-state index contributed by atoms with van der Waals surface area (Å²) in [5, 5.41) is 15.2. The van der Waals surface area contributed by atoms with E-state index in [2.05, 4.69) is 47.9 Å². The molecule has 0 aromatic heterocycles. The van der Waals surface area contributed by atoms with Crippen LogP contribution in [0.3, 0.4) is 0 Å². The van der Waals surface area contributed by atoms with E-state index in [-0.39, 0.29) is 31.4 Å². The van der Waals surface area contributed by atoms with Gasteiger partial charge in [0.05, 0.1) is 6.61 Å². The number of benzene rings is 1. The van der Waals surface area contributed by atoms with Crippen molar-refractivity contribution in [2.24, 2.45) is 0 Å². The fourth-order valence-electron chi connectivity index (χ4n) is 1.76. The third-order valence-electron chi connectivity index (χ3n) is 2.81. The molecule has 1 aromatic rings. The van der Waals surface area contributed by atoms with E-state index in [1.165, 1.54) is 5.56 Å². The van der Waals surface area contributed by atoms with Gasteiger partial charge in [0.25, 0.3) is 0 Å². The summed E-state index contributed by atoms with van der Waals surface area (Å²) < 4.78 is 0. The van der Waals surface area contributed by atoms with Crippen molar-refractivity contribution in [2.45, 2.75) is 19.3 Å². The van der Waals surface area contributed by atoms with Crippen LogP contribution in [-0.2, 0) is 0 Å². The summed E-state index contributed by atoms with van der Waals surface area (Å²) in [7, 11) is 0. The maximum Gasteiger partial charge on any atom is 0.0555 e. The summed E-state index contributed by atoms with van der Waals surface area (Å²) >= 11 is 0. The average molecular weight is 309 g/mol. The van der Waals surface area contributed by atoms with Crippen LogP contribution >= 0.6 is 24.8 Å². The molecule has 0 saturated carbocycles. The van der Waals surface area contributed by atoms with Gasteiger partial charge in [0, 0.05) is 13.1 Å². The smallest absolute Gasteiger partial charge is 0.0555 e. The van der Waals surface area contributed by atoms with Crippen molar-refractivity contribution in [3.05, 3.63) is 35.9 Å². The third kappa shape index (κ3) is 10.2. The highest BCUT2D eigenvalue weighted by molar-refractivity contribution is 5.85. The molecule has 0 heterocycles. The maximum absolute atomic E-state index is 8.59. The van der Waals surface area contributed by atoms with E-state index in [1.807, 2.05) is 0 Å². The Labute approximate surface area is 129 Å². The molecule has 0 fully saturated rings. The van der Waals surface area contributed by atoms with Gasteiger partial charge in [-0.2, -0.15) is 0 Å². The molecule has 3 N–H and O–H groups in total. The fourth-order valence-corrected chi connectivity index (χ4v) is 1.76. The second kappa shape index (κ2) is 14.1. The van der Waals surface area contributed by atoms with E-state index < -0.39 is 0 Å². The SMILES string of the molecule is CC(CNCCCNCCO)c1ccccc1.Cl.Cl. The van der Waals surface area contributed by atoms with Crippen molar-refractivity contribution < 1.29 is 5.11 Å². The molecule has 19 heavy (non-hydrogen) atoms. The Morgan fingerprint density at radius 1 is 1.00 bits per heavy atom. The third-order valence-corrected chi connectivity index (χ3v) is 2.81. The van der Waals surface area contributed by atoms with E-state index in [1.54, 1.807) is 0 Å². The zero-order valence-electron chi connectivity index (χ0n) is 11.5. The molecule has 1 aromatic carbocycles. The van der Waals surface area contributed by atoms with Gasteiger partial charge in [-0.1, -0.05) is 37.3 Å². The number of hydrogen-bond donors (Lipinski definition) is 3. The van der Waals surface area contributed by atoms with E-state index in [0.29, 0.717) is 12.5 Å². The van der Waals surface area contributed by atoms with Gasteiger partial charge in [0.1, 0.15) is 0 Å². The van der Waals surface area contributed by atoms with Crippen molar-refractivity contribution in [3.8, 4) is 0 Å². The summed E-state index contributed by atoms with van der Waals surface area (Å²) in [5.41, 5.74) is 1.39. The fraction of sp³-hybridized carbons (Fsp3) is 0.571. The highest BCUT2D eigenvalue weighted by atomic mass is 35.5. The first-order valence-corrected chi connectivity index (χ1v) is 6.42. The Balaban J connectivity index is 0. The highest BCUT2D eigenvalue weighted by Gasteiger charge is 2.03. The molecular weight excluding hydrogens is 283 g/mol. The van der Waals surface area contributed by atoms with Crippen LogP contribution in [0.4, 0.5) is 0 Å². The lowest BCUT2D eigenvalue weighted by molar-refractivity contribution is 0.292. The van der Waals surface area contributed by atoms with Crippen molar-refractivity contribution in [1.29, 1.82) is 0 Å². The van der Waals surface area contributed by atoms with Gasteiger partial charge >= 0.3 is 0 Å². The molecule has 0 radical (unpaired) electrons. The molecule has 0 aliphatic heterocycles. The number of aliphatic hydroxyl groups is 1. The molecule has 0 saturated heterocycles. The number of hydrogen-bond acceptors (Lipinski definition) is 3. The molecule has 1 atom stereocenters. The normalized spacial score (nSPS) is 11.3. The van der Waals surface area contributed by atoms with Crippen LogP contribution in [0.25, 0.3) is 0 Å². The van der Waals surface area contributed by atoms with Gasteiger partial charge < -0.3 is 15.7 Å². The van der Waals surface area contributed by atoms with Crippen molar-refractivity contribution in [3.63, 3.8) is 0 Å². The number of nitrogens with one attached hydrogen (secondary N) is 2. The second-order valence-corrected chi connectivity index (χ2v) is 4.34. The van der Waals surface area contributed by atoms with E-state index in [9.17, 15) is 0 Å². The summed E-state index contributed by atoms with van der Waals surface area (Å²) in [6, 6.07) is 10.6. The van der Waals surface area contributed by atoms with Crippen LogP contribution < -0.4 is 10.6 Å². The van der Waals surface area contributed by atoms with Gasteiger partial charge in [0.2, 0.25) is 0 Å². The van der Waals surface area contributed by atoms with E-state index >= 15 is 0 Å². The van der Waals surface area contributed by atoms with E-state index in [4.69, 9.17) is 5.11 Å².